The molecule has 0 aromatic heterocycles. The second-order valence-electron chi connectivity index (χ2n) is 5.06. The van der Waals surface area contributed by atoms with Crippen LogP contribution in [0.3, 0.4) is 0 Å². The fourth-order valence-corrected chi connectivity index (χ4v) is 2.54. The molecule has 0 aliphatic carbocycles. The average molecular weight is 233 g/mol. The zero-order valence-electron chi connectivity index (χ0n) is 10.5. The van der Waals surface area contributed by atoms with Gasteiger partial charge in [-0.3, -0.25) is 0 Å². The van der Waals surface area contributed by atoms with E-state index in [1.54, 1.807) is 0 Å². The van der Waals surface area contributed by atoms with Gasteiger partial charge in [0.25, 0.3) is 0 Å². The molecule has 2 rings (SSSR count). The van der Waals surface area contributed by atoms with E-state index in [1.165, 1.54) is 50.9 Å². The molecule has 0 unspecified atom stereocenters. The Morgan fingerprint density at radius 3 is 2.47 bits per heavy atom. The first-order chi connectivity index (χ1) is 8.38. The van der Waals surface area contributed by atoms with Crippen LogP contribution in [-0.2, 0) is 6.42 Å². The summed E-state index contributed by atoms with van der Waals surface area (Å²) in [5.41, 5.74) is 1.44. The minimum atomic E-state index is 0.373. The molecule has 94 valence electrons. The van der Waals surface area contributed by atoms with Crippen LogP contribution in [0.15, 0.2) is 30.3 Å². The van der Waals surface area contributed by atoms with Gasteiger partial charge in [-0.1, -0.05) is 30.3 Å². The Kier molecular flexibility index (Phi) is 5.02. The maximum Gasteiger partial charge on any atom is 0.0460 e. The zero-order valence-corrected chi connectivity index (χ0v) is 10.5. The molecule has 2 heteroatoms. The summed E-state index contributed by atoms with van der Waals surface area (Å²) in [5.74, 6) is 0.556. The smallest absolute Gasteiger partial charge is 0.0460 e. The molecule has 1 aromatic carbocycles. The third-order valence-electron chi connectivity index (χ3n) is 3.75. The summed E-state index contributed by atoms with van der Waals surface area (Å²) in [6, 6.07) is 10.7. The highest BCUT2D eigenvalue weighted by atomic mass is 16.3. The largest absolute Gasteiger partial charge is 0.396 e. The first kappa shape index (κ1) is 12.6. The van der Waals surface area contributed by atoms with E-state index in [0.29, 0.717) is 12.5 Å². The lowest BCUT2D eigenvalue weighted by Crippen LogP contribution is -2.35. The maximum absolute atomic E-state index is 9.08. The van der Waals surface area contributed by atoms with Crippen LogP contribution in [0.4, 0.5) is 0 Å². The number of hydrogen-bond donors (Lipinski definition) is 1. The van der Waals surface area contributed by atoms with Crippen LogP contribution in [0.1, 0.15) is 24.8 Å². The highest BCUT2D eigenvalue weighted by Crippen LogP contribution is 2.16. The predicted octanol–water partition coefficient (Wildman–Crippen LogP) is 2.32. The maximum atomic E-state index is 9.08. The van der Waals surface area contributed by atoms with Crippen LogP contribution in [0.2, 0.25) is 0 Å². The SMILES string of the molecule is OCC1CCN(CCCc2ccccc2)CC1. The van der Waals surface area contributed by atoms with E-state index in [9.17, 15) is 0 Å². The van der Waals surface area contributed by atoms with Crippen molar-refractivity contribution in [2.45, 2.75) is 25.7 Å². The molecule has 0 spiro atoms. The van der Waals surface area contributed by atoms with Crippen LogP contribution in [0.25, 0.3) is 0 Å². The molecule has 1 saturated heterocycles. The Labute approximate surface area is 104 Å². The van der Waals surface area contributed by atoms with Gasteiger partial charge in [0.1, 0.15) is 0 Å². The zero-order chi connectivity index (χ0) is 11.9. The van der Waals surface area contributed by atoms with Crippen molar-refractivity contribution in [2.24, 2.45) is 5.92 Å². The summed E-state index contributed by atoms with van der Waals surface area (Å²) >= 11 is 0. The van der Waals surface area contributed by atoms with Gasteiger partial charge in [-0.05, 0) is 56.8 Å². The Bertz CT molecular complexity index is 304. The number of aliphatic hydroxyl groups excluding tert-OH is 1. The molecule has 1 aliphatic heterocycles. The lowest BCUT2D eigenvalue weighted by molar-refractivity contribution is 0.131. The number of aliphatic hydroxyl groups is 1. The van der Waals surface area contributed by atoms with Crippen LogP contribution in [0.5, 0.6) is 0 Å². The van der Waals surface area contributed by atoms with Gasteiger partial charge in [0.2, 0.25) is 0 Å². The number of likely N-dealkylation sites (tertiary alicyclic amines) is 1. The van der Waals surface area contributed by atoms with Crippen molar-refractivity contribution in [1.82, 2.24) is 4.90 Å². The second-order valence-corrected chi connectivity index (χ2v) is 5.06. The Morgan fingerprint density at radius 2 is 1.82 bits per heavy atom. The van der Waals surface area contributed by atoms with Crippen molar-refractivity contribution in [3.8, 4) is 0 Å². The summed E-state index contributed by atoms with van der Waals surface area (Å²) in [6.07, 6.45) is 4.76. The molecule has 0 saturated carbocycles. The number of hydrogen-bond acceptors (Lipinski definition) is 2. The quantitative estimate of drug-likeness (QED) is 0.843. The van der Waals surface area contributed by atoms with Gasteiger partial charge in [0.05, 0.1) is 0 Å². The molecule has 0 radical (unpaired) electrons. The van der Waals surface area contributed by atoms with E-state index in [4.69, 9.17) is 5.11 Å². The Morgan fingerprint density at radius 1 is 1.12 bits per heavy atom. The summed E-state index contributed by atoms with van der Waals surface area (Å²) < 4.78 is 0. The van der Waals surface area contributed by atoms with Crippen LogP contribution >= 0.6 is 0 Å². The van der Waals surface area contributed by atoms with Gasteiger partial charge >= 0.3 is 0 Å². The van der Waals surface area contributed by atoms with Crippen LogP contribution in [-0.4, -0.2) is 36.2 Å². The number of rotatable bonds is 5. The van der Waals surface area contributed by atoms with Crippen molar-refractivity contribution >= 4 is 0 Å². The van der Waals surface area contributed by atoms with Gasteiger partial charge in [-0.2, -0.15) is 0 Å². The molecule has 17 heavy (non-hydrogen) atoms. The Hall–Kier alpha value is -0.860. The number of benzene rings is 1. The molecular weight excluding hydrogens is 210 g/mol. The molecule has 1 N–H and O–H groups in total. The summed E-state index contributed by atoms with van der Waals surface area (Å²) in [7, 11) is 0. The molecule has 0 bridgehead atoms. The molecule has 1 heterocycles. The minimum Gasteiger partial charge on any atom is -0.396 e. The standard InChI is InChI=1S/C15H23NO/c17-13-15-8-11-16(12-9-15)10-4-7-14-5-2-1-3-6-14/h1-3,5-6,15,17H,4,7-13H2. The van der Waals surface area contributed by atoms with Crippen molar-refractivity contribution < 1.29 is 5.11 Å². The average Bonchev–Trinajstić information content (AvgIpc) is 2.41. The predicted molar refractivity (Wildman–Crippen MR) is 71.0 cm³/mol. The van der Waals surface area contributed by atoms with E-state index in [0.717, 1.165) is 0 Å². The number of aryl methyl sites for hydroxylation is 1. The fourth-order valence-electron chi connectivity index (χ4n) is 2.54. The van der Waals surface area contributed by atoms with E-state index < -0.39 is 0 Å². The van der Waals surface area contributed by atoms with Gasteiger partial charge in [0.15, 0.2) is 0 Å². The first-order valence-corrected chi connectivity index (χ1v) is 6.75. The normalized spacial score (nSPS) is 18.4. The van der Waals surface area contributed by atoms with Gasteiger partial charge in [-0.15, -0.1) is 0 Å². The number of nitrogens with zero attached hydrogens (tertiary/aromatic N) is 1. The molecule has 1 fully saturated rings. The summed E-state index contributed by atoms with van der Waals surface area (Å²) in [4.78, 5) is 2.54. The first-order valence-electron chi connectivity index (χ1n) is 6.75. The molecule has 1 aliphatic rings. The topological polar surface area (TPSA) is 23.5 Å². The van der Waals surface area contributed by atoms with Gasteiger partial charge in [-0.25, -0.2) is 0 Å². The summed E-state index contributed by atoms with van der Waals surface area (Å²) in [6.45, 7) is 3.91. The lowest BCUT2D eigenvalue weighted by atomic mass is 9.97. The van der Waals surface area contributed by atoms with Crippen LogP contribution in [0, 0.1) is 5.92 Å². The van der Waals surface area contributed by atoms with Crippen molar-refractivity contribution in [1.29, 1.82) is 0 Å². The van der Waals surface area contributed by atoms with E-state index in [1.807, 2.05) is 0 Å². The monoisotopic (exact) mass is 233 g/mol. The van der Waals surface area contributed by atoms with Gasteiger partial charge < -0.3 is 10.0 Å². The molecule has 2 nitrogen and oxygen atoms in total. The highest BCUT2D eigenvalue weighted by molar-refractivity contribution is 5.14. The van der Waals surface area contributed by atoms with Crippen molar-refractivity contribution in [3.05, 3.63) is 35.9 Å². The molecule has 0 atom stereocenters. The molecular formula is C15H23NO. The third kappa shape index (κ3) is 4.14. The van der Waals surface area contributed by atoms with Crippen molar-refractivity contribution in [2.75, 3.05) is 26.2 Å². The lowest BCUT2D eigenvalue weighted by Gasteiger charge is -2.30. The van der Waals surface area contributed by atoms with E-state index in [2.05, 4.69) is 35.2 Å². The minimum absolute atomic E-state index is 0.373. The van der Waals surface area contributed by atoms with Crippen LogP contribution < -0.4 is 0 Å². The van der Waals surface area contributed by atoms with E-state index >= 15 is 0 Å². The summed E-state index contributed by atoms with van der Waals surface area (Å²) in [5, 5.41) is 9.08. The molecule has 1 aromatic rings. The second kappa shape index (κ2) is 6.77. The van der Waals surface area contributed by atoms with E-state index in [-0.39, 0.29) is 0 Å². The third-order valence-corrected chi connectivity index (χ3v) is 3.75. The number of piperidine rings is 1. The van der Waals surface area contributed by atoms with Gasteiger partial charge in [0, 0.05) is 6.61 Å². The fraction of sp³-hybridized carbons (Fsp3) is 0.600. The highest BCUT2D eigenvalue weighted by Gasteiger charge is 2.17. The molecule has 0 amide bonds. The Balaban J connectivity index is 1.63. The van der Waals surface area contributed by atoms with Crippen molar-refractivity contribution in [3.63, 3.8) is 0 Å².